The molecule has 10 heteroatoms. The number of hydrogen-bond donors (Lipinski definition) is 1. The molecule has 0 radical (unpaired) electrons. The molecule has 0 aromatic heterocycles. The van der Waals surface area contributed by atoms with Gasteiger partial charge in [-0.25, -0.2) is 13.2 Å². The quantitative estimate of drug-likeness (QED) is 0.586. The van der Waals surface area contributed by atoms with Gasteiger partial charge in [0.05, 0.1) is 17.8 Å². The van der Waals surface area contributed by atoms with E-state index in [0.29, 0.717) is 17.5 Å². The van der Waals surface area contributed by atoms with Crippen LogP contribution in [0.15, 0.2) is 36.4 Å². The van der Waals surface area contributed by atoms with Crippen molar-refractivity contribution in [3.63, 3.8) is 0 Å². The smallest absolute Gasteiger partial charge is 0.308 e. The molecule has 0 spiro atoms. The maximum absolute atomic E-state index is 13.5. The number of ether oxygens (including phenoxy) is 2. The summed E-state index contributed by atoms with van der Waals surface area (Å²) in [6, 6.07) is 8.31. The lowest BCUT2D eigenvalue weighted by Gasteiger charge is -2.28. The number of carbonyl (C=O) groups is 3. The van der Waals surface area contributed by atoms with E-state index in [1.54, 1.807) is 24.3 Å². The van der Waals surface area contributed by atoms with Crippen molar-refractivity contribution in [2.24, 2.45) is 0 Å². The van der Waals surface area contributed by atoms with Gasteiger partial charge in [0, 0.05) is 6.54 Å². The molecule has 152 valence electrons. The van der Waals surface area contributed by atoms with Gasteiger partial charge in [-0.1, -0.05) is 12.1 Å². The highest BCUT2D eigenvalue weighted by Gasteiger charge is 2.25. The SMILES string of the molecule is O=C(COC(=O)CCN1C(=O)COc2ccccc21)Nc1ccc(F)c(F)c1F. The van der Waals surface area contributed by atoms with Crippen molar-refractivity contribution in [3.05, 3.63) is 53.8 Å². The highest BCUT2D eigenvalue weighted by molar-refractivity contribution is 5.98. The molecule has 0 aliphatic carbocycles. The lowest BCUT2D eigenvalue weighted by Crippen LogP contribution is -2.40. The van der Waals surface area contributed by atoms with E-state index >= 15 is 0 Å². The molecule has 0 fully saturated rings. The molecule has 0 bridgehead atoms. The van der Waals surface area contributed by atoms with Gasteiger partial charge in [0.2, 0.25) is 0 Å². The molecule has 2 aromatic rings. The van der Waals surface area contributed by atoms with Crippen LogP contribution >= 0.6 is 0 Å². The van der Waals surface area contributed by atoms with Crippen molar-refractivity contribution >= 4 is 29.2 Å². The Morgan fingerprint density at radius 2 is 1.86 bits per heavy atom. The minimum atomic E-state index is -1.73. The van der Waals surface area contributed by atoms with Crippen LogP contribution in [0, 0.1) is 17.5 Å². The second-order valence-corrected chi connectivity index (χ2v) is 5.98. The van der Waals surface area contributed by atoms with Gasteiger partial charge in [0.1, 0.15) is 5.75 Å². The predicted octanol–water partition coefficient (Wildman–Crippen LogP) is 2.40. The number of hydrogen-bond acceptors (Lipinski definition) is 5. The van der Waals surface area contributed by atoms with E-state index in [9.17, 15) is 27.6 Å². The molecule has 3 rings (SSSR count). The van der Waals surface area contributed by atoms with Gasteiger partial charge in [0.15, 0.2) is 30.7 Å². The van der Waals surface area contributed by atoms with Crippen LogP contribution in [-0.2, 0) is 19.1 Å². The minimum absolute atomic E-state index is 0.0114. The summed E-state index contributed by atoms with van der Waals surface area (Å²) in [5.41, 5.74) is -0.0661. The first-order chi connectivity index (χ1) is 13.9. The van der Waals surface area contributed by atoms with E-state index in [1.807, 2.05) is 5.32 Å². The molecule has 0 saturated heterocycles. The average molecular weight is 408 g/mol. The molecule has 2 aromatic carbocycles. The number of rotatable bonds is 6. The molecule has 29 heavy (non-hydrogen) atoms. The van der Waals surface area contributed by atoms with Gasteiger partial charge in [-0.15, -0.1) is 0 Å². The fourth-order valence-electron chi connectivity index (χ4n) is 2.63. The van der Waals surface area contributed by atoms with Gasteiger partial charge >= 0.3 is 5.97 Å². The number of anilines is 2. The summed E-state index contributed by atoms with van der Waals surface area (Å²) in [5.74, 6) is -6.22. The monoisotopic (exact) mass is 408 g/mol. The second kappa shape index (κ2) is 8.63. The van der Waals surface area contributed by atoms with Gasteiger partial charge in [-0.2, -0.15) is 0 Å². The Balaban J connectivity index is 1.50. The molecule has 1 aliphatic heterocycles. The summed E-state index contributed by atoms with van der Waals surface area (Å²) >= 11 is 0. The van der Waals surface area contributed by atoms with Gasteiger partial charge < -0.3 is 19.7 Å². The molecular weight excluding hydrogens is 393 g/mol. The van der Waals surface area contributed by atoms with Crippen LogP contribution in [0.5, 0.6) is 5.75 Å². The highest BCUT2D eigenvalue weighted by Crippen LogP contribution is 2.31. The number of amides is 2. The van der Waals surface area contributed by atoms with Crippen molar-refractivity contribution in [1.82, 2.24) is 0 Å². The Morgan fingerprint density at radius 3 is 2.66 bits per heavy atom. The Bertz CT molecular complexity index is 967. The van der Waals surface area contributed by atoms with Crippen molar-refractivity contribution in [3.8, 4) is 5.75 Å². The van der Waals surface area contributed by atoms with E-state index in [1.165, 1.54) is 4.90 Å². The van der Waals surface area contributed by atoms with Crippen molar-refractivity contribution in [2.75, 3.05) is 30.0 Å². The molecule has 0 unspecified atom stereocenters. The van der Waals surface area contributed by atoms with E-state index in [-0.39, 0.29) is 25.5 Å². The summed E-state index contributed by atoms with van der Waals surface area (Å²) in [7, 11) is 0. The minimum Gasteiger partial charge on any atom is -0.482 e. The largest absolute Gasteiger partial charge is 0.482 e. The number of halogens is 3. The fourth-order valence-corrected chi connectivity index (χ4v) is 2.63. The van der Waals surface area contributed by atoms with E-state index in [4.69, 9.17) is 9.47 Å². The van der Waals surface area contributed by atoms with Crippen molar-refractivity contribution < 1.29 is 37.0 Å². The molecule has 7 nitrogen and oxygen atoms in total. The number of para-hydroxylation sites is 2. The topological polar surface area (TPSA) is 84.9 Å². The second-order valence-electron chi connectivity index (χ2n) is 5.98. The molecule has 0 saturated carbocycles. The standard InChI is InChI=1S/C19H15F3N2O5/c20-11-5-6-12(19(22)18(11)21)23-15(25)9-29-17(27)7-8-24-13-3-1-2-4-14(13)28-10-16(24)26/h1-6H,7-10H2,(H,23,25). The first-order valence-electron chi connectivity index (χ1n) is 8.48. The zero-order valence-corrected chi connectivity index (χ0v) is 14.9. The molecule has 1 aliphatic rings. The zero-order valence-electron chi connectivity index (χ0n) is 14.9. The third-order valence-corrected chi connectivity index (χ3v) is 4.02. The van der Waals surface area contributed by atoms with Gasteiger partial charge in [-0.3, -0.25) is 14.4 Å². The van der Waals surface area contributed by atoms with Crippen LogP contribution in [-0.4, -0.2) is 37.5 Å². The zero-order chi connectivity index (χ0) is 21.0. The van der Waals surface area contributed by atoms with Crippen LogP contribution in [0.25, 0.3) is 0 Å². The highest BCUT2D eigenvalue weighted by atomic mass is 19.2. The maximum Gasteiger partial charge on any atom is 0.308 e. The van der Waals surface area contributed by atoms with Crippen LogP contribution in [0.1, 0.15) is 6.42 Å². The van der Waals surface area contributed by atoms with Gasteiger partial charge in [-0.05, 0) is 24.3 Å². The van der Waals surface area contributed by atoms with E-state index < -0.39 is 41.6 Å². The molecule has 2 amide bonds. The number of nitrogens with one attached hydrogen (secondary N) is 1. The number of nitrogens with zero attached hydrogens (tertiary/aromatic N) is 1. The summed E-state index contributed by atoms with van der Waals surface area (Å²) in [4.78, 5) is 37.0. The van der Waals surface area contributed by atoms with Crippen molar-refractivity contribution in [2.45, 2.75) is 6.42 Å². The first-order valence-corrected chi connectivity index (χ1v) is 8.48. The molecular formula is C19H15F3N2O5. The number of carbonyl (C=O) groups excluding carboxylic acids is 3. The molecule has 1 N–H and O–H groups in total. The number of fused-ring (bicyclic) bond motifs is 1. The van der Waals surface area contributed by atoms with Crippen LogP contribution < -0.4 is 15.0 Å². The Morgan fingerprint density at radius 1 is 1.10 bits per heavy atom. The first kappa shape index (κ1) is 20.2. The Labute approximate surface area is 163 Å². The summed E-state index contributed by atoms with van der Waals surface area (Å²) in [6.45, 7) is -0.906. The summed E-state index contributed by atoms with van der Waals surface area (Å²) < 4.78 is 49.6. The maximum atomic E-state index is 13.5. The lowest BCUT2D eigenvalue weighted by molar-refractivity contribution is -0.147. The van der Waals surface area contributed by atoms with Crippen LogP contribution in [0.3, 0.4) is 0 Å². The van der Waals surface area contributed by atoms with Crippen LogP contribution in [0.2, 0.25) is 0 Å². The fraction of sp³-hybridized carbons (Fsp3) is 0.211. The van der Waals surface area contributed by atoms with Gasteiger partial charge in [0.25, 0.3) is 11.8 Å². The lowest BCUT2D eigenvalue weighted by atomic mass is 10.2. The molecule has 0 atom stereocenters. The number of benzene rings is 2. The Hall–Kier alpha value is -3.56. The predicted molar refractivity (Wildman–Crippen MR) is 94.8 cm³/mol. The number of esters is 1. The third-order valence-electron chi connectivity index (χ3n) is 4.02. The summed E-state index contributed by atoms with van der Waals surface area (Å²) in [5, 5.41) is 1.98. The average Bonchev–Trinajstić information content (AvgIpc) is 2.72. The van der Waals surface area contributed by atoms with Crippen LogP contribution in [0.4, 0.5) is 24.5 Å². The Kier molecular flexibility index (Phi) is 6.01. The van der Waals surface area contributed by atoms with E-state index in [0.717, 1.165) is 6.07 Å². The van der Waals surface area contributed by atoms with E-state index in [2.05, 4.69) is 0 Å². The third kappa shape index (κ3) is 4.65. The molecule has 1 heterocycles. The normalized spacial score (nSPS) is 12.8. The summed E-state index contributed by atoms with van der Waals surface area (Å²) in [6.07, 6.45) is -0.201. The van der Waals surface area contributed by atoms with Crippen molar-refractivity contribution in [1.29, 1.82) is 0 Å².